The van der Waals surface area contributed by atoms with Gasteiger partial charge in [0, 0.05) is 37.0 Å². The first-order valence-corrected chi connectivity index (χ1v) is 18.0. The highest BCUT2D eigenvalue weighted by molar-refractivity contribution is 5.99. The molecule has 3 aliphatic rings. The van der Waals surface area contributed by atoms with Gasteiger partial charge in [-0.15, -0.1) is 0 Å². The number of hydrogen-bond donors (Lipinski definition) is 5. The molecule has 3 atom stereocenters. The highest BCUT2D eigenvalue weighted by atomic mass is 16.5. The van der Waals surface area contributed by atoms with Gasteiger partial charge in [-0.05, 0) is 81.2 Å². The molecule has 0 spiro atoms. The second-order valence-corrected chi connectivity index (χ2v) is 13.8. The summed E-state index contributed by atoms with van der Waals surface area (Å²) in [6, 6.07) is 13.6. The summed E-state index contributed by atoms with van der Waals surface area (Å²) in [7, 11) is 0. The number of rotatable bonds is 15. The lowest BCUT2D eigenvalue weighted by molar-refractivity contribution is -0.148. The predicted octanol–water partition coefficient (Wildman–Crippen LogP) is 3.18. The van der Waals surface area contributed by atoms with Crippen molar-refractivity contribution in [3.8, 4) is 22.4 Å². The highest BCUT2D eigenvalue weighted by Gasteiger charge is 2.37. The van der Waals surface area contributed by atoms with Crippen molar-refractivity contribution in [2.45, 2.75) is 76.9 Å². The first kappa shape index (κ1) is 35.8. The molecule has 13 nitrogen and oxygen atoms in total. The molecule has 51 heavy (non-hydrogen) atoms. The minimum atomic E-state index is -0.795. The van der Waals surface area contributed by atoms with Crippen LogP contribution in [0, 0.1) is 11.8 Å². The number of aryl methyl sites for hydroxylation is 1. The van der Waals surface area contributed by atoms with Crippen LogP contribution in [0.15, 0.2) is 54.7 Å². The smallest absolute Gasteiger partial charge is 0.249 e. The van der Waals surface area contributed by atoms with Crippen molar-refractivity contribution in [1.82, 2.24) is 30.8 Å². The number of nitrogens with one attached hydrogen (secondary N) is 5. The van der Waals surface area contributed by atoms with Crippen molar-refractivity contribution < 1.29 is 28.7 Å². The van der Waals surface area contributed by atoms with Crippen molar-refractivity contribution in [2.24, 2.45) is 11.8 Å². The molecule has 5 amide bonds. The van der Waals surface area contributed by atoms with Gasteiger partial charge in [0.2, 0.25) is 29.5 Å². The summed E-state index contributed by atoms with van der Waals surface area (Å²) in [5.74, 6) is 0.0179. The van der Waals surface area contributed by atoms with Crippen molar-refractivity contribution in [3.63, 3.8) is 0 Å². The van der Waals surface area contributed by atoms with Gasteiger partial charge >= 0.3 is 0 Å². The van der Waals surface area contributed by atoms with Crippen LogP contribution < -0.4 is 21.3 Å². The summed E-state index contributed by atoms with van der Waals surface area (Å²) < 4.78 is 5.53. The number of unbranched alkanes of at least 4 members (excludes halogenated alkanes) is 1. The average Bonchev–Trinajstić information content (AvgIpc) is 4.09. The third-order valence-corrected chi connectivity index (χ3v) is 9.54. The molecular weight excluding hydrogens is 650 g/mol. The Kier molecular flexibility index (Phi) is 11.4. The van der Waals surface area contributed by atoms with E-state index in [4.69, 9.17) is 4.74 Å². The molecule has 2 saturated carbocycles. The second kappa shape index (κ2) is 16.3. The van der Waals surface area contributed by atoms with E-state index in [1.165, 1.54) is 4.90 Å². The molecule has 6 rings (SSSR count). The van der Waals surface area contributed by atoms with Crippen LogP contribution >= 0.6 is 0 Å². The Morgan fingerprint density at radius 3 is 2.08 bits per heavy atom. The zero-order valence-corrected chi connectivity index (χ0v) is 29.2. The number of ether oxygens (including phenoxy) is 1. The quantitative estimate of drug-likeness (QED) is 0.152. The molecule has 0 radical (unpaired) electrons. The van der Waals surface area contributed by atoms with Gasteiger partial charge in [0.15, 0.2) is 0 Å². The van der Waals surface area contributed by atoms with Crippen LogP contribution in [0.1, 0.15) is 58.2 Å². The molecular formula is C38H47N7O6. The Labute approximate surface area is 297 Å². The largest absolute Gasteiger partial charge is 0.377 e. The SMILES string of the molecule is CC(NC(=O)C1CC1)C(=O)NCCCCc1ncc(-c2ccc(-c3ccc(NC(=O)C4COCCN4C(=O)[C@@H](C)NC(=O)C4CC4)cc3)cc2)[nH]1. The van der Waals surface area contributed by atoms with E-state index >= 15 is 0 Å². The molecule has 3 fully saturated rings. The third-order valence-electron chi connectivity index (χ3n) is 9.54. The lowest BCUT2D eigenvalue weighted by atomic mass is 10.0. The number of hydrogen-bond acceptors (Lipinski definition) is 7. The maximum absolute atomic E-state index is 13.2. The first-order chi connectivity index (χ1) is 24.7. The van der Waals surface area contributed by atoms with Crippen LogP contribution in [0.25, 0.3) is 22.4 Å². The summed E-state index contributed by atoms with van der Waals surface area (Å²) in [6.45, 7) is 4.61. The molecule has 2 heterocycles. The van der Waals surface area contributed by atoms with Gasteiger partial charge < -0.3 is 35.9 Å². The van der Waals surface area contributed by atoms with Gasteiger partial charge in [0.05, 0.1) is 25.1 Å². The molecule has 3 aromatic rings. The molecule has 5 N–H and O–H groups in total. The monoisotopic (exact) mass is 697 g/mol. The number of aromatic nitrogens is 2. The van der Waals surface area contributed by atoms with Crippen LogP contribution in [-0.2, 0) is 35.1 Å². The first-order valence-electron chi connectivity index (χ1n) is 18.0. The summed E-state index contributed by atoms with van der Waals surface area (Å²) in [5.41, 5.74) is 4.52. The summed E-state index contributed by atoms with van der Waals surface area (Å²) >= 11 is 0. The average molecular weight is 698 g/mol. The number of morpholine rings is 1. The zero-order chi connectivity index (χ0) is 35.9. The Hall–Kier alpha value is -5.04. The number of anilines is 1. The van der Waals surface area contributed by atoms with Crippen LogP contribution in [0.3, 0.4) is 0 Å². The Morgan fingerprint density at radius 1 is 0.824 bits per heavy atom. The van der Waals surface area contributed by atoms with E-state index in [0.29, 0.717) is 18.8 Å². The maximum atomic E-state index is 13.2. The standard InChI is InChI=1S/C38H47N7O6/c1-23(41-35(47)28-10-11-28)34(46)39-18-4-3-5-33-40-21-31(44-33)27-8-6-25(7-9-27)26-14-16-30(17-15-26)43-37(49)32-22-51-20-19-45(32)38(50)24(2)42-36(48)29-12-13-29/h6-9,14-17,21,23-24,28-29,32H,3-5,10-13,18-20,22H2,1-2H3,(H,39,46)(H,40,44)(H,41,47)(H,42,48)(H,43,49)/t23?,24-,32?/m1/s1. The molecule has 2 aliphatic carbocycles. The van der Waals surface area contributed by atoms with Gasteiger partial charge in [-0.2, -0.15) is 0 Å². The van der Waals surface area contributed by atoms with Crippen LogP contribution in [0.5, 0.6) is 0 Å². The van der Waals surface area contributed by atoms with Crippen LogP contribution in [0.4, 0.5) is 5.69 Å². The van der Waals surface area contributed by atoms with Gasteiger partial charge in [0.25, 0.3) is 0 Å². The van der Waals surface area contributed by atoms with Crippen LogP contribution in [0.2, 0.25) is 0 Å². The number of H-pyrrole nitrogens is 1. The molecule has 1 aromatic heterocycles. The molecule has 0 bridgehead atoms. The molecule has 2 unspecified atom stereocenters. The fourth-order valence-corrected chi connectivity index (χ4v) is 6.05. The third kappa shape index (κ3) is 9.60. The number of nitrogens with zero attached hydrogens (tertiary/aromatic N) is 2. The van der Waals surface area contributed by atoms with E-state index < -0.39 is 18.1 Å². The Balaban J connectivity index is 0.948. The maximum Gasteiger partial charge on any atom is 0.249 e. The Morgan fingerprint density at radius 2 is 1.43 bits per heavy atom. The van der Waals surface area contributed by atoms with E-state index in [-0.39, 0.29) is 54.5 Å². The van der Waals surface area contributed by atoms with Crippen molar-refractivity contribution in [2.75, 3.05) is 31.6 Å². The molecule has 2 aromatic carbocycles. The van der Waals surface area contributed by atoms with Gasteiger partial charge in [0.1, 0.15) is 23.9 Å². The van der Waals surface area contributed by atoms with Crippen molar-refractivity contribution in [3.05, 3.63) is 60.6 Å². The van der Waals surface area contributed by atoms with Crippen molar-refractivity contribution in [1.29, 1.82) is 0 Å². The molecule has 1 saturated heterocycles. The minimum absolute atomic E-state index is 0.00497. The number of imidazole rings is 1. The number of aromatic amines is 1. The fourth-order valence-electron chi connectivity index (χ4n) is 6.05. The van der Waals surface area contributed by atoms with E-state index in [9.17, 15) is 24.0 Å². The predicted molar refractivity (Wildman–Crippen MR) is 191 cm³/mol. The topological polar surface area (TPSA) is 175 Å². The van der Waals surface area contributed by atoms with E-state index in [2.05, 4.69) is 31.2 Å². The lowest BCUT2D eigenvalue weighted by Crippen LogP contribution is -2.58. The van der Waals surface area contributed by atoms with Gasteiger partial charge in [-0.1, -0.05) is 36.4 Å². The zero-order valence-electron chi connectivity index (χ0n) is 29.2. The normalized spacial score (nSPS) is 18.3. The summed E-state index contributed by atoms with van der Waals surface area (Å²) in [4.78, 5) is 72.1. The number of carbonyl (C=O) groups excluding carboxylic acids is 5. The molecule has 1 aliphatic heterocycles. The van der Waals surface area contributed by atoms with Gasteiger partial charge in [-0.3, -0.25) is 24.0 Å². The number of amides is 5. The van der Waals surface area contributed by atoms with Crippen LogP contribution in [-0.4, -0.2) is 88.8 Å². The van der Waals surface area contributed by atoms with Crippen molar-refractivity contribution >= 4 is 35.2 Å². The van der Waals surface area contributed by atoms with E-state index in [1.807, 2.05) is 54.7 Å². The lowest BCUT2D eigenvalue weighted by Gasteiger charge is -2.36. The fraction of sp³-hybridized carbons (Fsp3) is 0.474. The van der Waals surface area contributed by atoms with E-state index in [1.54, 1.807) is 13.8 Å². The molecule has 270 valence electrons. The number of carbonyl (C=O) groups is 5. The highest BCUT2D eigenvalue weighted by Crippen LogP contribution is 2.30. The summed E-state index contributed by atoms with van der Waals surface area (Å²) in [5, 5.41) is 11.4. The number of benzene rings is 2. The molecule has 13 heteroatoms. The van der Waals surface area contributed by atoms with E-state index in [0.717, 1.165) is 73.2 Å². The van der Waals surface area contributed by atoms with Gasteiger partial charge in [-0.25, -0.2) is 4.98 Å². The second-order valence-electron chi connectivity index (χ2n) is 13.8. The summed E-state index contributed by atoms with van der Waals surface area (Å²) in [6.07, 6.45) is 7.76. The minimum Gasteiger partial charge on any atom is -0.377 e. The Bertz CT molecular complexity index is 1710.